The Balaban J connectivity index is 1.79. The number of aromatic nitrogens is 2. The van der Waals surface area contributed by atoms with Gasteiger partial charge in [0.2, 0.25) is 0 Å². The normalized spacial score (nSPS) is 11.8. The number of nitrogens with one attached hydrogen (secondary N) is 2. The first-order valence-electron chi connectivity index (χ1n) is 7.58. The summed E-state index contributed by atoms with van der Waals surface area (Å²) in [6, 6.07) is 18.0. The fourth-order valence-electron chi connectivity index (χ4n) is 2.31. The number of nitrogen functional groups attached to an aromatic ring is 1. The van der Waals surface area contributed by atoms with E-state index >= 15 is 0 Å². The lowest BCUT2D eigenvalue weighted by Crippen LogP contribution is -2.11. The monoisotopic (exact) mass is 383 g/mol. The average molecular weight is 384 g/mol. The highest BCUT2D eigenvalue weighted by Crippen LogP contribution is 2.28. The lowest BCUT2D eigenvalue weighted by molar-refractivity contribution is 0.873. The topological polar surface area (TPSA) is 75.9 Å². The van der Waals surface area contributed by atoms with E-state index in [1.807, 2.05) is 42.5 Å². The number of hydrogen-bond donors (Lipinski definition) is 3. The zero-order valence-electron chi connectivity index (χ0n) is 13.2. The van der Waals surface area contributed by atoms with Crippen LogP contribution in [-0.4, -0.2) is 9.97 Å². The zero-order chi connectivity index (χ0) is 16.9. The van der Waals surface area contributed by atoms with Gasteiger partial charge in [0.25, 0.3) is 0 Å². The summed E-state index contributed by atoms with van der Waals surface area (Å²) in [5.74, 6) is 1.19. The van der Waals surface area contributed by atoms with E-state index in [9.17, 15) is 0 Å². The highest BCUT2D eigenvalue weighted by molar-refractivity contribution is 9.10. The number of nitrogens with two attached hydrogens (primary N) is 1. The Labute approximate surface area is 149 Å². The Bertz CT molecular complexity index is 805. The minimum atomic E-state index is 0.0870. The van der Waals surface area contributed by atoms with Gasteiger partial charge in [0.15, 0.2) is 11.6 Å². The Morgan fingerprint density at radius 3 is 2.33 bits per heavy atom. The summed E-state index contributed by atoms with van der Waals surface area (Å²) in [7, 11) is 0. The summed E-state index contributed by atoms with van der Waals surface area (Å²) >= 11 is 3.42. The van der Waals surface area contributed by atoms with E-state index < -0.39 is 0 Å². The van der Waals surface area contributed by atoms with Crippen molar-refractivity contribution in [3.05, 3.63) is 71.0 Å². The summed E-state index contributed by atoms with van der Waals surface area (Å²) in [5.41, 5.74) is 8.79. The lowest BCUT2D eigenvalue weighted by atomic mass is 10.1. The fourth-order valence-corrected chi connectivity index (χ4v) is 2.57. The molecule has 0 aliphatic rings. The van der Waals surface area contributed by atoms with Crippen molar-refractivity contribution in [2.75, 3.05) is 16.4 Å². The SMILES string of the molecule is CC(Nc1ncnc(Nc2ccc(Br)cc2)c1N)c1ccccc1. The van der Waals surface area contributed by atoms with Gasteiger partial charge in [-0.2, -0.15) is 0 Å². The first kappa shape index (κ1) is 16.3. The number of halogens is 1. The molecule has 3 rings (SSSR count). The second kappa shape index (κ2) is 7.31. The molecule has 3 aromatic rings. The lowest BCUT2D eigenvalue weighted by Gasteiger charge is -2.17. The molecule has 0 saturated carbocycles. The molecule has 0 aliphatic carbocycles. The van der Waals surface area contributed by atoms with Crippen LogP contribution in [-0.2, 0) is 0 Å². The van der Waals surface area contributed by atoms with Crippen LogP contribution < -0.4 is 16.4 Å². The van der Waals surface area contributed by atoms with Crippen molar-refractivity contribution in [3.8, 4) is 0 Å². The molecule has 0 fully saturated rings. The number of benzene rings is 2. The summed E-state index contributed by atoms with van der Waals surface area (Å²) in [6.45, 7) is 2.07. The predicted molar refractivity (Wildman–Crippen MR) is 102 cm³/mol. The summed E-state index contributed by atoms with van der Waals surface area (Å²) in [6.07, 6.45) is 1.50. The van der Waals surface area contributed by atoms with Crippen LogP contribution in [0.15, 0.2) is 65.4 Å². The molecule has 5 nitrogen and oxygen atoms in total. The maximum Gasteiger partial charge on any atom is 0.159 e. The first-order chi connectivity index (χ1) is 11.6. The van der Waals surface area contributed by atoms with E-state index in [1.165, 1.54) is 6.33 Å². The van der Waals surface area contributed by atoms with E-state index in [1.54, 1.807) is 0 Å². The van der Waals surface area contributed by atoms with Gasteiger partial charge >= 0.3 is 0 Å². The third-order valence-corrected chi connectivity index (χ3v) is 4.17. The van der Waals surface area contributed by atoms with Crippen molar-refractivity contribution < 1.29 is 0 Å². The van der Waals surface area contributed by atoms with Crippen LogP contribution in [0.4, 0.5) is 23.0 Å². The zero-order valence-corrected chi connectivity index (χ0v) is 14.8. The fraction of sp³-hybridized carbons (Fsp3) is 0.111. The molecular formula is C18H18BrN5. The van der Waals surface area contributed by atoms with E-state index in [4.69, 9.17) is 5.73 Å². The van der Waals surface area contributed by atoms with Gasteiger partial charge in [-0.1, -0.05) is 46.3 Å². The number of anilines is 4. The van der Waals surface area contributed by atoms with Crippen LogP contribution in [0.3, 0.4) is 0 Å². The molecule has 1 unspecified atom stereocenters. The molecule has 1 atom stereocenters. The van der Waals surface area contributed by atoms with E-state index in [0.29, 0.717) is 17.3 Å². The van der Waals surface area contributed by atoms with Gasteiger partial charge in [-0.05, 0) is 36.8 Å². The average Bonchev–Trinajstić information content (AvgIpc) is 2.61. The van der Waals surface area contributed by atoms with Crippen LogP contribution in [0.2, 0.25) is 0 Å². The Hall–Kier alpha value is -2.60. The number of hydrogen-bond acceptors (Lipinski definition) is 5. The second-order valence-electron chi connectivity index (χ2n) is 5.39. The van der Waals surface area contributed by atoms with Crippen molar-refractivity contribution in [2.45, 2.75) is 13.0 Å². The molecule has 4 N–H and O–H groups in total. The van der Waals surface area contributed by atoms with Gasteiger partial charge in [-0.15, -0.1) is 0 Å². The predicted octanol–water partition coefficient (Wildman–Crippen LogP) is 4.74. The van der Waals surface area contributed by atoms with Crippen molar-refractivity contribution in [1.29, 1.82) is 0 Å². The summed E-state index contributed by atoms with van der Waals surface area (Å²) in [5, 5.41) is 6.55. The van der Waals surface area contributed by atoms with Crippen molar-refractivity contribution in [3.63, 3.8) is 0 Å². The maximum absolute atomic E-state index is 6.23. The standard InChI is InChI=1S/C18H18BrN5/c1-12(13-5-3-2-4-6-13)23-17-16(20)18(22-11-21-17)24-15-9-7-14(19)8-10-15/h2-12H,20H2,1H3,(H2,21,22,23,24). The largest absolute Gasteiger partial charge is 0.393 e. The highest BCUT2D eigenvalue weighted by Gasteiger charge is 2.12. The van der Waals surface area contributed by atoms with E-state index in [-0.39, 0.29) is 6.04 Å². The molecule has 1 heterocycles. The smallest absolute Gasteiger partial charge is 0.159 e. The molecule has 122 valence electrons. The molecule has 0 spiro atoms. The molecule has 0 saturated heterocycles. The number of nitrogens with zero attached hydrogens (tertiary/aromatic N) is 2. The third-order valence-electron chi connectivity index (χ3n) is 3.64. The van der Waals surface area contributed by atoms with E-state index in [2.05, 4.69) is 55.6 Å². The second-order valence-corrected chi connectivity index (χ2v) is 6.31. The van der Waals surface area contributed by atoms with Gasteiger partial charge in [-0.25, -0.2) is 9.97 Å². The van der Waals surface area contributed by atoms with Gasteiger partial charge < -0.3 is 16.4 Å². The molecule has 24 heavy (non-hydrogen) atoms. The van der Waals surface area contributed by atoms with Gasteiger partial charge in [-0.3, -0.25) is 0 Å². The van der Waals surface area contributed by atoms with Gasteiger partial charge in [0.05, 0.1) is 6.04 Å². The van der Waals surface area contributed by atoms with Crippen molar-refractivity contribution >= 4 is 38.9 Å². The molecule has 0 aliphatic heterocycles. The highest BCUT2D eigenvalue weighted by atomic mass is 79.9. The summed E-state index contributed by atoms with van der Waals surface area (Å²) in [4.78, 5) is 8.50. The van der Waals surface area contributed by atoms with Gasteiger partial charge in [0, 0.05) is 10.2 Å². The van der Waals surface area contributed by atoms with Crippen LogP contribution in [0.5, 0.6) is 0 Å². The maximum atomic E-state index is 6.23. The van der Waals surface area contributed by atoms with Crippen LogP contribution in [0.1, 0.15) is 18.5 Å². The quantitative estimate of drug-likeness (QED) is 0.593. The Morgan fingerprint density at radius 1 is 0.958 bits per heavy atom. The van der Waals surface area contributed by atoms with Crippen molar-refractivity contribution in [2.24, 2.45) is 0 Å². The number of rotatable bonds is 5. The first-order valence-corrected chi connectivity index (χ1v) is 8.37. The summed E-state index contributed by atoms with van der Waals surface area (Å²) < 4.78 is 1.02. The van der Waals surface area contributed by atoms with Crippen LogP contribution in [0.25, 0.3) is 0 Å². The van der Waals surface area contributed by atoms with E-state index in [0.717, 1.165) is 15.7 Å². The molecule has 1 aromatic heterocycles. The molecule has 0 bridgehead atoms. The molecule has 2 aromatic carbocycles. The third kappa shape index (κ3) is 3.83. The molecule has 6 heteroatoms. The molecule has 0 radical (unpaired) electrons. The minimum absolute atomic E-state index is 0.0870. The Kier molecular flexibility index (Phi) is 4.96. The Morgan fingerprint density at radius 2 is 1.62 bits per heavy atom. The van der Waals surface area contributed by atoms with Crippen LogP contribution >= 0.6 is 15.9 Å². The molecular weight excluding hydrogens is 366 g/mol. The van der Waals surface area contributed by atoms with Crippen molar-refractivity contribution in [1.82, 2.24) is 9.97 Å². The van der Waals surface area contributed by atoms with Crippen LogP contribution in [0, 0.1) is 0 Å². The minimum Gasteiger partial charge on any atom is -0.393 e. The van der Waals surface area contributed by atoms with Gasteiger partial charge in [0.1, 0.15) is 12.0 Å². The molecule has 0 amide bonds.